The van der Waals surface area contributed by atoms with Crippen LogP contribution in [0.3, 0.4) is 0 Å². The van der Waals surface area contributed by atoms with E-state index >= 15 is 0 Å². The van der Waals surface area contributed by atoms with Crippen molar-refractivity contribution in [2.75, 3.05) is 0 Å². The lowest BCUT2D eigenvalue weighted by Crippen LogP contribution is -2.33. The van der Waals surface area contributed by atoms with Gasteiger partial charge in [-0.2, -0.15) is 0 Å². The van der Waals surface area contributed by atoms with Crippen molar-refractivity contribution < 1.29 is 0 Å². The summed E-state index contributed by atoms with van der Waals surface area (Å²) in [4.78, 5) is 3.27. The molecule has 0 aliphatic heterocycles. The average molecular weight is 281 g/mol. The molecule has 3 rings (SSSR count). The Morgan fingerprint density at radius 1 is 1.44 bits per heavy atom. The third kappa shape index (κ3) is 1.90. The summed E-state index contributed by atoms with van der Waals surface area (Å²) in [6.07, 6.45) is 5.21. The smallest absolute Gasteiger partial charge is 0.178 e. The van der Waals surface area contributed by atoms with E-state index in [-0.39, 0.29) is 0 Å². The zero-order valence-corrected chi connectivity index (χ0v) is 12.1. The van der Waals surface area contributed by atoms with E-state index in [4.69, 9.17) is 23.8 Å². The molecule has 96 valence electrons. The van der Waals surface area contributed by atoms with Crippen molar-refractivity contribution in [3.63, 3.8) is 0 Å². The van der Waals surface area contributed by atoms with Crippen LogP contribution in [0.15, 0.2) is 18.2 Å². The largest absolute Gasteiger partial charge is 0.331 e. The Kier molecular flexibility index (Phi) is 2.99. The van der Waals surface area contributed by atoms with Crippen molar-refractivity contribution in [2.45, 2.75) is 39.2 Å². The van der Waals surface area contributed by atoms with Crippen LogP contribution in [0.1, 0.15) is 32.6 Å². The maximum Gasteiger partial charge on any atom is 0.178 e. The first-order chi connectivity index (χ1) is 8.63. The Hall–Kier alpha value is -0.800. The third-order valence-corrected chi connectivity index (χ3v) is 4.95. The van der Waals surface area contributed by atoms with Crippen LogP contribution >= 0.6 is 23.8 Å². The number of H-pyrrole nitrogens is 1. The van der Waals surface area contributed by atoms with Crippen molar-refractivity contribution >= 4 is 34.9 Å². The van der Waals surface area contributed by atoms with E-state index in [0.29, 0.717) is 5.41 Å². The van der Waals surface area contributed by atoms with E-state index < -0.39 is 0 Å². The zero-order chi connectivity index (χ0) is 12.8. The Bertz CT molecular complexity index is 631. The predicted octanol–water partition coefficient (Wildman–Crippen LogP) is 4.93. The van der Waals surface area contributed by atoms with Crippen LogP contribution in [0.25, 0.3) is 11.0 Å². The number of imidazole rings is 1. The molecule has 2 nitrogen and oxygen atoms in total. The first kappa shape index (κ1) is 12.2. The van der Waals surface area contributed by atoms with E-state index in [2.05, 4.69) is 16.5 Å². The molecule has 1 aliphatic rings. The SMILES string of the molecule is CCC1(Cn2c(=S)[nH]c3ccc(Cl)cc32)CCC1. The topological polar surface area (TPSA) is 20.7 Å². The number of nitrogens with one attached hydrogen (secondary N) is 1. The third-order valence-electron chi connectivity index (χ3n) is 4.40. The molecule has 1 saturated carbocycles. The van der Waals surface area contributed by atoms with Gasteiger partial charge in [0.15, 0.2) is 4.77 Å². The lowest BCUT2D eigenvalue weighted by Gasteiger charge is -2.41. The lowest BCUT2D eigenvalue weighted by molar-refractivity contribution is 0.101. The van der Waals surface area contributed by atoms with Crippen LogP contribution in [0, 0.1) is 10.2 Å². The fourth-order valence-electron chi connectivity index (χ4n) is 2.92. The average Bonchev–Trinajstić information content (AvgIpc) is 2.60. The highest BCUT2D eigenvalue weighted by atomic mass is 35.5. The second-order valence-corrected chi connectivity index (χ2v) is 6.21. The molecule has 1 aliphatic carbocycles. The molecule has 0 spiro atoms. The van der Waals surface area contributed by atoms with Crippen LogP contribution in [0.4, 0.5) is 0 Å². The van der Waals surface area contributed by atoms with Gasteiger partial charge in [0.2, 0.25) is 0 Å². The highest BCUT2D eigenvalue weighted by Gasteiger charge is 2.35. The molecule has 0 amide bonds. The summed E-state index contributed by atoms with van der Waals surface area (Å²) < 4.78 is 3.03. The summed E-state index contributed by atoms with van der Waals surface area (Å²) in [7, 11) is 0. The highest BCUT2D eigenvalue weighted by molar-refractivity contribution is 7.71. The first-order valence-electron chi connectivity index (χ1n) is 6.52. The Morgan fingerprint density at radius 3 is 2.83 bits per heavy atom. The minimum absolute atomic E-state index is 0.454. The van der Waals surface area contributed by atoms with Gasteiger partial charge in [-0.25, -0.2) is 0 Å². The zero-order valence-electron chi connectivity index (χ0n) is 10.5. The summed E-state index contributed by atoms with van der Waals surface area (Å²) in [6, 6.07) is 5.91. The van der Waals surface area contributed by atoms with Crippen molar-refractivity contribution in [1.82, 2.24) is 9.55 Å². The van der Waals surface area contributed by atoms with Crippen LogP contribution < -0.4 is 0 Å². The maximum absolute atomic E-state index is 6.09. The maximum atomic E-state index is 6.09. The molecule has 1 aromatic carbocycles. The molecule has 0 saturated heterocycles. The molecule has 1 fully saturated rings. The Labute approximate surface area is 117 Å². The summed E-state index contributed by atoms with van der Waals surface area (Å²) >= 11 is 11.5. The van der Waals surface area contributed by atoms with Gasteiger partial charge in [-0.05, 0) is 55.1 Å². The number of hydrogen-bond donors (Lipinski definition) is 1. The van der Waals surface area contributed by atoms with Crippen molar-refractivity contribution in [2.24, 2.45) is 5.41 Å². The molecule has 0 unspecified atom stereocenters. The van der Waals surface area contributed by atoms with Gasteiger partial charge in [-0.3, -0.25) is 0 Å². The summed E-state index contributed by atoms with van der Waals surface area (Å²) in [5, 5.41) is 0.768. The fraction of sp³-hybridized carbons (Fsp3) is 0.500. The second kappa shape index (κ2) is 4.39. The normalized spacial score (nSPS) is 17.9. The van der Waals surface area contributed by atoms with Gasteiger partial charge in [0.25, 0.3) is 0 Å². The quantitative estimate of drug-likeness (QED) is 0.791. The summed E-state index contributed by atoms with van der Waals surface area (Å²) in [6.45, 7) is 3.30. The second-order valence-electron chi connectivity index (χ2n) is 5.38. The van der Waals surface area contributed by atoms with E-state index in [9.17, 15) is 0 Å². The van der Waals surface area contributed by atoms with Crippen molar-refractivity contribution in [3.05, 3.63) is 28.0 Å². The van der Waals surface area contributed by atoms with E-state index in [1.165, 1.54) is 25.7 Å². The number of aromatic nitrogens is 2. The monoisotopic (exact) mass is 280 g/mol. The molecule has 0 atom stereocenters. The van der Waals surface area contributed by atoms with E-state index in [0.717, 1.165) is 27.4 Å². The number of aromatic amines is 1. The molecule has 2 aromatic rings. The highest BCUT2D eigenvalue weighted by Crippen LogP contribution is 2.45. The molecule has 18 heavy (non-hydrogen) atoms. The number of nitrogens with zero attached hydrogens (tertiary/aromatic N) is 1. The fourth-order valence-corrected chi connectivity index (χ4v) is 3.36. The Morgan fingerprint density at radius 2 is 2.22 bits per heavy atom. The van der Waals surface area contributed by atoms with E-state index in [1.54, 1.807) is 0 Å². The molecule has 0 bridgehead atoms. The van der Waals surface area contributed by atoms with Crippen LogP contribution in [-0.2, 0) is 6.54 Å². The van der Waals surface area contributed by atoms with Gasteiger partial charge in [-0.1, -0.05) is 24.9 Å². The molecule has 4 heteroatoms. The number of fused-ring (bicyclic) bond motifs is 1. The standard InChI is InChI=1S/C14H17ClN2S/c1-2-14(6-3-7-14)9-17-12-8-10(15)4-5-11(12)16-13(17)18/h4-5,8H,2-3,6-7,9H2,1H3,(H,16,18). The number of rotatable bonds is 3. The van der Waals surface area contributed by atoms with Gasteiger partial charge < -0.3 is 9.55 Å². The van der Waals surface area contributed by atoms with Crippen LogP contribution in [0.2, 0.25) is 5.02 Å². The molecule has 1 heterocycles. The molecule has 1 N–H and O–H groups in total. The van der Waals surface area contributed by atoms with Gasteiger partial charge in [0, 0.05) is 11.6 Å². The van der Waals surface area contributed by atoms with Gasteiger partial charge in [-0.15, -0.1) is 0 Å². The van der Waals surface area contributed by atoms with Gasteiger partial charge in [0.1, 0.15) is 0 Å². The molecule has 1 aromatic heterocycles. The molecular formula is C14H17ClN2S. The first-order valence-corrected chi connectivity index (χ1v) is 7.30. The van der Waals surface area contributed by atoms with E-state index in [1.807, 2.05) is 18.2 Å². The lowest BCUT2D eigenvalue weighted by atomic mass is 9.67. The summed E-state index contributed by atoms with van der Waals surface area (Å²) in [5.74, 6) is 0. The summed E-state index contributed by atoms with van der Waals surface area (Å²) in [5.41, 5.74) is 2.66. The van der Waals surface area contributed by atoms with Gasteiger partial charge >= 0.3 is 0 Å². The van der Waals surface area contributed by atoms with Crippen LogP contribution in [0.5, 0.6) is 0 Å². The minimum Gasteiger partial charge on any atom is -0.331 e. The number of halogens is 1. The van der Waals surface area contributed by atoms with Crippen molar-refractivity contribution in [1.29, 1.82) is 0 Å². The number of benzene rings is 1. The number of hydrogen-bond acceptors (Lipinski definition) is 1. The molecule has 0 radical (unpaired) electrons. The van der Waals surface area contributed by atoms with Crippen LogP contribution in [-0.4, -0.2) is 9.55 Å². The minimum atomic E-state index is 0.454. The Balaban J connectivity index is 2.08. The predicted molar refractivity (Wildman–Crippen MR) is 78.7 cm³/mol. The molecular weight excluding hydrogens is 264 g/mol. The van der Waals surface area contributed by atoms with Crippen molar-refractivity contribution in [3.8, 4) is 0 Å². The van der Waals surface area contributed by atoms with Gasteiger partial charge in [0.05, 0.1) is 11.0 Å².